The Balaban J connectivity index is 0.00000210. The summed E-state index contributed by atoms with van der Waals surface area (Å²) in [4.78, 5) is 11.0. The molecule has 0 bridgehead atoms. The lowest BCUT2D eigenvalue weighted by molar-refractivity contribution is 0.122. The molecule has 1 aromatic carbocycles. The number of morpholine rings is 1. The van der Waals surface area contributed by atoms with Crippen molar-refractivity contribution >= 4 is 28.9 Å². The van der Waals surface area contributed by atoms with Crippen LogP contribution in [0.15, 0.2) is 30.5 Å². The largest absolute Gasteiger partial charge is 0.378 e. The maximum Gasteiger partial charge on any atom is 0.185 e. The second kappa shape index (κ2) is 9.85. The molecule has 1 atom stereocenters. The number of ether oxygens (including phenoxy) is 1. The molecule has 4 rings (SSSR count). The lowest BCUT2D eigenvalue weighted by Crippen LogP contribution is -2.45. The van der Waals surface area contributed by atoms with Crippen LogP contribution in [0.3, 0.4) is 0 Å². The molecule has 148 valence electrons. The number of aromatic nitrogens is 1. The first-order valence-electron chi connectivity index (χ1n) is 9.64. The molecule has 3 heterocycles. The van der Waals surface area contributed by atoms with Crippen molar-refractivity contribution in [2.45, 2.75) is 25.9 Å². The minimum Gasteiger partial charge on any atom is -0.378 e. The molecule has 1 N–H and O–H groups in total. The Hall–Kier alpha value is -1.18. The number of nitrogens with one attached hydrogen (secondary N) is 1. The first kappa shape index (κ1) is 20.6. The van der Waals surface area contributed by atoms with Gasteiger partial charge in [-0.3, -0.25) is 4.90 Å². The SMILES string of the molecule is CCc1ccc(C2CNCCN2Cc2cnc(N3CCOCC3)s2)cc1.Cl. The number of nitrogens with zero attached hydrogens (tertiary/aromatic N) is 3. The standard InChI is InChI=1S/C20H28N4OS.ClH/c1-2-16-3-5-17(6-4-16)19-14-21-7-8-24(19)15-18-13-22-20(26-18)23-9-11-25-12-10-23;/h3-6,13,19,21H,2,7-12,14-15H2,1H3;1H. The van der Waals surface area contributed by atoms with Gasteiger partial charge in [0.05, 0.1) is 13.2 Å². The van der Waals surface area contributed by atoms with Crippen LogP contribution in [0.2, 0.25) is 0 Å². The van der Waals surface area contributed by atoms with Gasteiger partial charge in [-0.25, -0.2) is 4.98 Å². The third-order valence-corrected chi connectivity index (χ3v) is 6.35. The van der Waals surface area contributed by atoms with Crippen molar-refractivity contribution in [2.24, 2.45) is 0 Å². The predicted molar refractivity (Wildman–Crippen MR) is 114 cm³/mol. The maximum absolute atomic E-state index is 5.45. The first-order valence-corrected chi connectivity index (χ1v) is 10.5. The maximum atomic E-state index is 5.45. The lowest BCUT2D eigenvalue weighted by atomic mass is 10.0. The van der Waals surface area contributed by atoms with Crippen LogP contribution in [0, 0.1) is 0 Å². The summed E-state index contributed by atoms with van der Waals surface area (Å²) in [7, 11) is 0. The predicted octanol–water partition coefficient (Wildman–Crippen LogP) is 3.11. The van der Waals surface area contributed by atoms with E-state index in [4.69, 9.17) is 4.74 Å². The Morgan fingerprint density at radius 3 is 2.70 bits per heavy atom. The highest BCUT2D eigenvalue weighted by molar-refractivity contribution is 7.15. The average Bonchev–Trinajstić information content (AvgIpc) is 3.18. The van der Waals surface area contributed by atoms with E-state index in [1.807, 2.05) is 11.3 Å². The number of aryl methyl sites for hydroxylation is 1. The molecular weight excluding hydrogens is 380 g/mol. The van der Waals surface area contributed by atoms with Gasteiger partial charge in [0.2, 0.25) is 0 Å². The molecule has 2 aliphatic heterocycles. The molecule has 5 nitrogen and oxygen atoms in total. The van der Waals surface area contributed by atoms with E-state index >= 15 is 0 Å². The van der Waals surface area contributed by atoms with Gasteiger partial charge in [0, 0.05) is 56.4 Å². The fourth-order valence-corrected chi connectivity index (χ4v) is 4.70. The van der Waals surface area contributed by atoms with Crippen LogP contribution in [-0.2, 0) is 17.7 Å². The van der Waals surface area contributed by atoms with Gasteiger partial charge in [0.25, 0.3) is 0 Å². The summed E-state index contributed by atoms with van der Waals surface area (Å²) < 4.78 is 5.45. The van der Waals surface area contributed by atoms with Crippen LogP contribution in [-0.4, -0.2) is 55.8 Å². The van der Waals surface area contributed by atoms with Crippen LogP contribution >= 0.6 is 23.7 Å². The third-order valence-electron chi connectivity index (χ3n) is 5.31. The van der Waals surface area contributed by atoms with Crippen molar-refractivity contribution in [1.82, 2.24) is 15.2 Å². The molecule has 0 saturated carbocycles. The average molecular weight is 409 g/mol. The molecule has 0 spiro atoms. The topological polar surface area (TPSA) is 40.6 Å². The number of halogens is 1. The van der Waals surface area contributed by atoms with Gasteiger partial charge >= 0.3 is 0 Å². The Morgan fingerprint density at radius 2 is 1.96 bits per heavy atom. The number of benzene rings is 1. The molecule has 1 aromatic heterocycles. The molecular formula is C20H29ClN4OS. The normalized spacial score (nSPS) is 21.1. The number of thiazole rings is 1. The highest BCUT2D eigenvalue weighted by Crippen LogP contribution is 2.29. The molecule has 0 aliphatic carbocycles. The van der Waals surface area contributed by atoms with Crippen molar-refractivity contribution in [1.29, 1.82) is 0 Å². The fourth-order valence-electron chi connectivity index (χ4n) is 3.71. The molecule has 7 heteroatoms. The summed E-state index contributed by atoms with van der Waals surface area (Å²) in [6, 6.07) is 9.57. The first-order chi connectivity index (χ1) is 12.8. The molecule has 1 unspecified atom stereocenters. The van der Waals surface area contributed by atoms with Gasteiger partial charge < -0.3 is 15.0 Å². The molecule has 0 radical (unpaired) electrons. The molecule has 2 saturated heterocycles. The van der Waals surface area contributed by atoms with Gasteiger partial charge in [-0.2, -0.15) is 0 Å². The highest BCUT2D eigenvalue weighted by Gasteiger charge is 2.25. The number of anilines is 1. The minimum atomic E-state index is 0. The van der Waals surface area contributed by atoms with E-state index in [9.17, 15) is 0 Å². The second-order valence-corrected chi connectivity index (χ2v) is 8.09. The molecule has 0 amide bonds. The molecule has 2 aliphatic rings. The summed E-state index contributed by atoms with van der Waals surface area (Å²) in [5.74, 6) is 0. The smallest absolute Gasteiger partial charge is 0.185 e. The summed E-state index contributed by atoms with van der Waals surface area (Å²) in [5.41, 5.74) is 2.81. The van der Waals surface area contributed by atoms with Crippen LogP contribution in [0.25, 0.3) is 0 Å². The second-order valence-electron chi connectivity index (χ2n) is 6.99. The van der Waals surface area contributed by atoms with Gasteiger partial charge in [-0.1, -0.05) is 31.2 Å². The Kier molecular flexibility index (Phi) is 7.49. The third kappa shape index (κ3) is 5.00. The van der Waals surface area contributed by atoms with E-state index in [1.165, 1.54) is 16.0 Å². The summed E-state index contributed by atoms with van der Waals surface area (Å²) in [6.07, 6.45) is 3.16. The molecule has 2 fully saturated rings. The molecule has 2 aromatic rings. The number of hydrogen-bond donors (Lipinski definition) is 1. The quantitative estimate of drug-likeness (QED) is 0.823. The number of piperazine rings is 1. The Bertz CT molecular complexity index is 702. The van der Waals surface area contributed by atoms with Crippen LogP contribution in [0.5, 0.6) is 0 Å². The zero-order valence-electron chi connectivity index (χ0n) is 15.9. The van der Waals surface area contributed by atoms with Crippen molar-refractivity contribution < 1.29 is 4.74 Å². The zero-order chi connectivity index (χ0) is 17.8. The summed E-state index contributed by atoms with van der Waals surface area (Å²) >= 11 is 1.83. The summed E-state index contributed by atoms with van der Waals surface area (Å²) in [6.45, 7) is 9.85. The Morgan fingerprint density at radius 1 is 1.19 bits per heavy atom. The van der Waals surface area contributed by atoms with E-state index in [1.54, 1.807) is 0 Å². The van der Waals surface area contributed by atoms with E-state index < -0.39 is 0 Å². The fraction of sp³-hybridized carbons (Fsp3) is 0.550. The van der Waals surface area contributed by atoms with Crippen LogP contribution < -0.4 is 10.2 Å². The highest BCUT2D eigenvalue weighted by atomic mass is 35.5. The van der Waals surface area contributed by atoms with Crippen LogP contribution in [0.4, 0.5) is 5.13 Å². The van der Waals surface area contributed by atoms with E-state index in [0.29, 0.717) is 6.04 Å². The zero-order valence-corrected chi connectivity index (χ0v) is 17.5. The van der Waals surface area contributed by atoms with Crippen molar-refractivity contribution in [3.8, 4) is 0 Å². The lowest BCUT2D eigenvalue weighted by Gasteiger charge is -2.36. The monoisotopic (exact) mass is 408 g/mol. The van der Waals surface area contributed by atoms with E-state index in [2.05, 4.69) is 57.5 Å². The minimum absolute atomic E-state index is 0. The van der Waals surface area contributed by atoms with Gasteiger partial charge in [0.15, 0.2) is 5.13 Å². The van der Waals surface area contributed by atoms with Crippen molar-refractivity contribution in [3.05, 3.63) is 46.5 Å². The summed E-state index contributed by atoms with van der Waals surface area (Å²) in [5, 5.41) is 4.70. The van der Waals surface area contributed by atoms with Gasteiger partial charge in [0.1, 0.15) is 0 Å². The Labute approximate surface area is 172 Å². The van der Waals surface area contributed by atoms with Crippen molar-refractivity contribution in [3.63, 3.8) is 0 Å². The van der Waals surface area contributed by atoms with E-state index in [0.717, 1.165) is 64.0 Å². The van der Waals surface area contributed by atoms with Crippen molar-refractivity contribution in [2.75, 3.05) is 50.8 Å². The van der Waals surface area contributed by atoms with Crippen LogP contribution in [0.1, 0.15) is 29.0 Å². The molecule has 27 heavy (non-hydrogen) atoms. The van der Waals surface area contributed by atoms with Gasteiger partial charge in [-0.05, 0) is 17.5 Å². The van der Waals surface area contributed by atoms with Gasteiger partial charge in [-0.15, -0.1) is 23.7 Å². The number of rotatable bonds is 5. The van der Waals surface area contributed by atoms with E-state index in [-0.39, 0.29) is 12.4 Å². The number of hydrogen-bond acceptors (Lipinski definition) is 6.